The van der Waals surface area contributed by atoms with Crippen molar-refractivity contribution >= 4 is 18.0 Å². The standard InChI is InChI=1S/C26H30N2O5/c1-16(24(30)31)13-14-27-23(29)22(26(2,3)4)28-25(32)33-15-21-19-11-7-5-9-17(19)18-10-6-8-12-20(18)21/h5-13,21-22H,14-15H2,1-4H3,(H,27,29)(H,28,32)(H,30,31)/b16-13+. The first-order chi connectivity index (χ1) is 15.6. The average Bonchev–Trinajstić information content (AvgIpc) is 3.08. The number of hydrogen-bond donors (Lipinski definition) is 3. The number of rotatable bonds is 7. The maximum Gasteiger partial charge on any atom is 0.407 e. The maximum atomic E-state index is 12.7. The van der Waals surface area contributed by atoms with E-state index in [-0.39, 0.29) is 24.6 Å². The molecule has 0 aliphatic heterocycles. The van der Waals surface area contributed by atoms with Crippen LogP contribution in [0.5, 0.6) is 0 Å². The van der Waals surface area contributed by atoms with Crippen LogP contribution in [0.4, 0.5) is 4.79 Å². The number of hydrogen-bond acceptors (Lipinski definition) is 4. The van der Waals surface area contributed by atoms with Crippen LogP contribution in [0, 0.1) is 5.41 Å². The minimum Gasteiger partial charge on any atom is -0.478 e. The van der Waals surface area contributed by atoms with Crippen LogP contribution in [0.3, 0.4) is 0 Å². The summed E-state index contributed by atoms with van der Waals surface area (Å²) < 4.78 is 5.57. The first kappa shape index (κ1) is 24.0. The van der Waals surface area contributed by atoms with Crippen molar-refractivity contribution in [2.24, 2.45) is 5.41 Å². The summed E-state index contributed by atoms with van der Waals surface area (Å²) in [5.41, 5.74) is 4.04. The second-order valence-corrected chi connectivity index (χ2v) is 9.21. The number of carboxylic acids is 1. The third-order valence-electron chi connectivity index (χ3n) is 5.76. The van der Waals surface area contributed by atoms with E-state index in [9.17, 15) is 14.4 Å². The van der Waals surface area contributed by atoms with Gasteiger partial charge in [-0.2, -0.15) is 0 Å². The van der Waals surface area contributed by atoms with Gasteiger partial charge in [0.15, 0.2) is 0 Å². The molecule has 0 heterocycles. The summed E-state index contributed by atoms with van der Waals surface area (Å²) in [7, 11) is 0. The van der Waals surface area contributed by atoms with Gasteiger partial charge in [-0.3, -0.25) is 4.79 Å². The van der Waals surface area contributed by atoms with E-state index in [0.29, 0.717) is 0 Å². The van der Waals surface area contributed by atoms with Gasteiger partial charge >= 0.3 is 12.1 Å². The highest BCUT2D eigenvalue weighted by atomic mass is 16.5. The van der Waals surface area contributed by atoms with Gasteiger partial charge < -0.3 is 20.5 Å². The fraction of sp³-hybridized carbons (Fsp3) is 0.346. The first-order valence-corrected chi connectivity index (χ1v) is 10.9. The number of carbonyl (C=O) groups excluding carboxylic acids is 2. The summed E-state index contributed by atoms with van der Waals surface area (Å²) in [6.45, 7) is 7.15. The van der Waals surface area contributed by atoms with Crippen molar-refractivity contribution < 1.29 is 24.2 Å². The van der Waals surface area contributed by atoms with Crippen LogP contribution >= 0.6 is 0 Å². The van der Waals surface area contributed by atoms with Crippen LogP contribution in [0.25, 0.3) is 11.1 Å². The zero-order valence-electron chi connectivity index (χ0n) is 19.3. The summed E-state index contributed by atoms with van der Waals surface area (Å²) in [5, 5.41) is 14.3. The van der Waals surface area contributed by atoms with Gasteiger partial charge in [-0.05, 0) is 34.6 Å². The van der Waals surface area contributed by atoms with Gasteiger partial charge in [0.05, 0.1) is 0 Å². The summed E-state index contributed by atoms with van der Waals surface area (Å²) in [6, 6.07) is 15.3. The molecule has 0 aromatic heterocycles. The number of ether oxygens (including phenoxy) is 1. The Kier molecular flexibility index (Phi) is 7.21. The van der Waals surface area contributed by atoms with Gasteiger partial charge in [0.2, 0.25) is 5.91 Å². The van der Waals surface area contributed by atoms with E-state index in [1.807, 2.05) is 57.2 Å². The number of alkyl carbamates (subject to hydrolysis) is 1. The number of nitrogens with one attached hydrogen (secondary N) is 2. The van der Waals surface area contributed by atoms with Crippen LogP contribution < -0.4 is 10.6 Å². The lowest BCUT2D eigenvalue weighted by atomic mass is 9.86. The molecule has 3 rings (SSSR count). The van der Waals surface area contributed by atoms with Crippen molar-refractivity contribution in [3.63, 3.8) is 0 Å². The number of amides is 2. The van der Waals surface area contributed by atoms with Gasteiger partial charge in [-0.1, -0.05) is 75.4 Å². The monoisotopic (exact) mass is 450 g/mol. The molecule has 0 saturated carbocycles. The third kappa shape index (κ3) is 5.61. The molecule has 1 aliphatic carbocycles. The van der Waals surface area contributed by atoms with Gasteiger partial charge in [0.1, 0.15) is 12.6 Å². The Morgan fingerprint density at radius 1 is 1.03 bits per heavy atom. The molecule has 3 N–H and O–H groups in total. The van der Waals surface area contributed by atoms with Crippen molar-refractivity contribution in [1.82, 2.24) is 10.6 Å². The second kappa shape index (κ2) is 9.90. The maximum absolute atomic E-state index is 12.7. The van der Waals surface area contributed by atoms with E-state index in [0.717, 1.165) is 22.3 Å². The predicted molar refractivity (Wildman–Crippen MR) is 126 cm³/mol. The highest BCUT2D eigenvalue weighted by Crippen LogP contribution is 2.44. The van der Waals surface area contributed by atoms with Crippen LogP contribution in [-0.4, -0.2) is 42.3 Å². The Morgan fingerprint density at radius 2 is 1.58 bits per heavy atom. The van der Waals surface area contributed by atoms with Gasteiger partial charge in [-0.25, -0.2) is 9.59 Å². The topological polar surface area (TPSA) is 105 Å². The molecule has 0 fully saturated rings. The summed E-state index contributed by atoms with van der Waals surface area (Å²) in [4.78, 5) is 36.3. The average molecular weight is 451 g/mol. The first-order valence-electron chi connectivity index (χ1n) is 10.9. The molecule has 7 nitrogen and oxygen atoms in total. The molecule has 0 bridgehead atoms. The molecule has 2 amide bonds. The molecular weight excluding hydrogens is 420 g/mol. The van der Waals surface area contributed by atoms with Gasteiger partial charge in [0, 0.05) is 18.0 Å². The van der Waals surface area contributed by atoms with Crippen LogP contribution in [0.2, 0.25) is 0 Å². The Hall–Kier alpha value is -3.61. The Labute approximate surface area is 193 Å². The fourth-order valence-corrected chi connectivity index (χ4v) is 3.93. The van der Waals surface area contributed by atoms with Crippen LogP contribution in [-0.2, 0) is 14.3 Å². The Bertz CT molecular complexity index is 1040. The Balaban J connectivity index is 1.65. The van der Waals surface area contributed by atoms with E-state index in [2.05, 4.69) is 22.8 Å². The zero-order valence-corrected chi connectivity index (χ0v) is 19.3. The molecule has 0 spiro atoms. The highest BCUT2D eigenvalue weighted by molar-refractivity contribution is 5.88. The number of benzene rings is 2. The molecule has 1 unspecified atom stereocenters. The summed E-state index contributed by atoms with van der Waals surface area (Å²) >= 11 is 0. The van der Waals surface area contributed by atoms with E-state index in [1.54, 1.807) is 0 Å². The summed E-state index contributed by atoms with van der Waals surface area (Å²) in [5.74, 6) is -1.53. The van der Waals surface area contributed by atoms with E-state index in [4.69, 9.17) is 9.84 Å². The normalized spacial score (nSPS) is 14.1. The molecule has 33 heavy (non-hydrogen) atoms. The van der Waals surface area contributed by atoms with Gasteiger partial charge in [0.25, 0.3) is 0 Å². The number of carbonyl (C=O) groups is 3. The highest BCUT2D eigenvalue weighted by Gasteiger charge is 2.34. The van der Waals surface area contributed by atoms with E-state index >= 15 is 0 Å². The zero-order chi connectivity index (χ0) is 24.2. The molecule has 1 atom stereocenters. The number of fused-ring (bicyclic) bond motifs is 3. The van der Waals surface area contributed by atoms with Crippen molar-refractivity contribution in [1.29, 1.82) is 0 Å². The van der Waals surface area contributed by atoms with Crippen molar-refractivity contribution in [3.05, 3.63) is 71.3 Å². The van der Waals surface area contributed by atoms with Gasteiger partial charge in [-0.15, -0.1) is 0 Å². The van der Waals surface area contributed by atoms with Crippen molar-refractivity contribution in [3.8, 4) is 11.1 Å². The fourth-order valence-electron chi connectivity index (χ4n) is 3.93. The van der Waals surface area contributed by atoms with Crippen molar-refractivity contribution in [2.45, 2.75) is 39.7 Å². The quantitative estimate of drug-likeness (QED) is 0.551. The third-order valence-corrected chi connectivity index (χ3v) is 5.76. The molecule has 1 aliphatic rings. The molecule has 7 heteroatoms. The molecule has 2 aromatic carbocycles. The van der Waals surface area contributed by atoms with Crippen molar-refractivity contribution in [2.75, 3.05) is 13.2 Å². The molecule has 2 aromatic rings. The molecule has 0 saturated heterocycles. The van der Waals surface area contributed by atoms with Crippen LogP contribution in [0.15, 0.2) is 60.2 Å². The lowest BCUT2D eigenvalue weighted by molar-refractivity contribution is -0.132. The number of aliphatic carboxylic acids is 1. The smallest absolute Gasteiger partial charge is 0.407 e. The van der Waals surface area contributed by atoms with E-state index in [1.165, 1.54) is 13.0 Å². The lowest BCUT2D eigenvalue weighted by Gasteiger charge is -2.30. The van der Waals surface area contributed by atoms with E-state index < -0.39 is 29.4 Å². The predicted octanol–water partition coefficient (Wildman–Crippen LogP) is 4.09. The molecule has 0 radical (unpaired) electrons. The Morgan fingerprint density at radius 3 is 2.09 bits per heavy atom. The minimum absolute atomic E-state index is 0.0515. The largest absolute Gasteiger partial charge is 0.478 e. The minimum atomic E-state index is -1.05. The second-order valence-electron chi connectivity index (χ2n) is 9.21. The molecule has 174 valence electrons. The van der Waals surface area contributed by atoms with Crippen LogP contribution in [0.1, 0.15) is 44.7 Å². The summed E-state index contributed by atoms with van der Waals surface area (Å²) in [6.07, 6.45) is 0.733. The number of carboxylic acid groups (broad SMARTS) is 1. The SMILES string of the molecule is C/C(=C\CNC(=O)C(NC(=O)OCC1c2ccccc2-c2ccccc21)C(C)(C)C)C(=O)O. The lowest BCUT2D eigenvalue weighted by Crippen LogP contribution is -2.53. The molecular formula is C26H30N2O5.